The largest absolute Gasteiger partial charge is 0.481 e. The molecule has 226 valence electrons. The Kier molecular flexibility index (Phi) is 12.7. The maximum Gasteiger partial charge on any atom is 0.326 e. The van der Waals surface area contributed by atoms with E-state index < -0.39 is 60.1 Å². The number of benzene rings is 2. The van der Waals surface area contributed by atoms with Gasteiger partial charge in [0.2, 0.25) is 17.7 Å². The first-order valence-corrected chi connectivity index (χ1v) is 13.6. The van der Waals surface area contributed by atoms with Crippen molar-refractivity contribution in [3.8, 4) is 0 Å². The van der Waals surface area contributed by atoms with E-state index in [2.05, 4.69) is 21.3 Å². The molecule has 12 heteroatoms. The molecule has 6 N–H and O–H groups in total. The minimum Gasteiger partial charge on any atom is -0.481 e. The van der Waals surface area contributed by atoms with Gasteiger partial charge in [0.1, 0.15) is 18.1 Å². The summed E-state index contributed by atoms with van der Waals surface area (Å²) in [6.07, 6.45) is -0.660. The van der Waals surface area contributed by atoms with Crippen molar-refractivity contribution in [1.29, 1.82) is 0 Å². The standard InChI is InChI=1S/C30H38N4O8/c1-17(2)14-22(28(39)33-23(16-25(36)37)29(40)34-26(18(3)4)30(41)42)32-24(35)15-19-10-12-21(13-11-19)31-27(38)20-8-6-5-7-9-20/h5-13,17-18,22-23,26H,14-16H2,1-4H3,(H,31,38)(H,32,35)(H,33,39)(H,34,40)(H,36,37)(H,41,42)/t22-,23-,26-/m0/s1. The van der Waals surface area contributed by atoms with Crippen LogP contribution in [0.2, 0.25) is 0 Å². The van der Waals surface area contributed by atoms with E-state index in [0.717, 1.165) is 0 Å². The molecule has 0 aliphatic heterocycles. The van der Waals surface area contributed by atoms with E-state index in [9.17, 15) is 39.0 Å². The minimum absolute atomic E-state index is 0.0439. The fraction of sp³-hybridized carbons (Fsp3) is 0.400. The molecule has 4 amide bonds. The number of aliphatic carboxylic acids is 2. The van der Waals surface area contributed by atoms with Crippen LogP contribution in [0.4, 0.5) is 5.69 Å². The molecule has 3 atom stereocenters. The van der Waals surface area contributed by atoms with Crippen molar-refractivity contribution >= 4 is 41.3 Å². The molecule has 0 saturated carbocycles. The van der Waals surface area contributed by atoms with E-state index in [4.69, 9.17) is 0 Å². The highest BCUT2D eigenvalue weighted by Crippen LogP contribution is 2.13. The summed E-state index contributed by atoms with van der Waals surface area (Å²) >= 11 is 0. The number of carboxylic acid groups (broad SMARTS) is 2. The van der Waals surface area contributed by atoms with Gasteiger partial charge < -0.3 is 31.5 Å². The number of carboxylic acids is 2. The van der Waals surface area contributed by atoms with Crippen molar-refractivity contribution in [2.45, 2.75) is 65.1 Å². The van der Waals surface area contributed by atoms with E-state index in [1.807, 2.05) is 19.9 Å². The number of nitrogens with one attached hydrogen (secondary N) is 4. The van der Waals surface area contributed by atoms with E-state index in [0.29, 0.717) is 16.8 Å². The Labute approximate surface area is 244 Å². The Morgan fingerprint density at radius 1 is 0.738 bits per heavy atom. The zero-order valence-electron chi connectivity index (χ0n) is 24.0. The van der Waals surface area contributed by atoms with Crippen molar-refractivity contribution in [1.82, 2.24) is 16.0 Å². The SMILES string of the molecule is CC(C)C[C@H](NC(=O)Cc1ccc(NC(=O)c2ccccc2)cc1)C(=O)N[C@@H](CC(=O)O)C(=O)N[C@H](C(=O)O)C(C)C. The van der Waals surface area contributed by atoms with Crippen LogP contribution >= 0.6 is 0 Å². The number of amides is 4. The monoisotopic (exact) mass is 582 g/mol. The summed E-state index contributed by atoms with van der Waals surface area (Å²) < 4.78 is 0. The predicted molar refractivity (Wildman–Crippen MR) is 155 cm³/mol. The fourth-order valence-electron chi connectivity index (χ4n) is 4.06. The van der Waals surface area contributed by atoms with Crippen molar-refractivity contribution in [3.05, 3.63) is 65.7 Å². The van der Waals surface area contributed by atoms with E-state index in [1.165, 1.54) is 0 Å². The number of anilines is 1. The number of hydrogen-bond acceptors (Lipinski definition) is 6. The molecule has 2 aromatic rings. The zero-order valence-corrected chi connectivity index (χ0v) is 24.0. The maximum atomic E-state index is 13.1. The summed E-state index contributed by atoms with van der Waals surface area (Å²) in [5, 5.41) is 28.7. The summed E-state index contributed by atoms with van der Waals surface area (Å²) in [5.74, 6) is -5.69. The second-order valence-electron chi connectivity index (χ2n) is 10.7. The third-order valence-electron chi connectivity index (χ3n) is 6.21. The van der Waals surface area contributed by atoms with E-state index in [1.54, 1.807) is 62.4 Å². The molecular formula is C30H38N4O8. The first-order chi connectivity index (χ1) is 19.8. The molecule has 0 spiro atoms. The van der Waals surface area contributed by atoms with Gasteiger partial charge >= 0.3 is 11.9 Å². The molecule has 0 radical (unpaired) electrons. The molecule has 0 aliphatic rings. The van der Waals surface area contributed by atoms with Gasteiger partial charge in [-0.3, -0.25) is 24.0 Å². The van der Waals surface area contributed by atoms with Crippen LogP contribution in [-0.4, -0.2) is 63.9 Å². The van der Waals surface area contributed by atoms with Gasteiger partial charge in [-0.2, -0.15) is 0 Å². The first kappa shape index (κ1) is 33.5. The summed E-state index contributed by atoms with van der Waals surface area (Å²) in [5.41, 5.74) is 1.65. The van der Waals surface area contributed by atoms with Crippen LogP contribution in [0.15, 0.2) is 54.6 Å². The average Bonchev–Trinajstić information content (AvgIpc) is 2.91. The van der Waals surface area contributed by atoms with E-state index in [-0.39, 0.29) is 24.7 Å². The lowest BCUT2D eigenvalue weighted by molar-refractivity contribution is -0.144. The summed E-state index contributed by atoms with van der Waals surface area (Å²) in [4.78, 5) is 73.9. The third kappa shape index (κ3) is 11.0. The van der Waals surface area contributed by atoms with Gasteiger partial charge in [-0.15, -0.1) is 0 Å². The number of carbonyl (C=O) groups is 6. The zero-order chi connectivity index (χ0) is 31.4. The second kappa shape index (κ2) is 15.9. The van der Waals surface area contributed by atoms with Gasteiger partial charge in [0.05, 0.1) is 12.8 Å². The molecule has 0 aromatic heterocycles. The van der Waals surface area contributed by atoms with Crippen LogP contribution in [0, 0.1) is 11.8 Å². The van der Waals surface area contributed by atoms with Crippen LogP contribution < -0.4 is 21.3 Å². The fourth-order valence-corrected chi connectivity index (χ4v) is 4.06. The minimum atomic E-state index is -1.55. The lowest BCUT2D eigenvalue weighted by atomic mass is 10.0. The van der Waals surface area contributed by atoms with Crippen LogP contribution in [0.5, 0.6) is 0 Å². The molecule has 0 saturated heterocycles. The Balaban J connectivity index is 2.06. The van der Waals surface area contributed by atoms with Crippen LogP contribution in [0.25, 0.3) is 0 Å². The molecule has 0 bridgehead atoms. The topological polar surface area (TPSA) is 191 Å². The molecule has 42 heavy (non-hydrogen) atoms. The first-order valence-electron chi connectivity index (χ1n) is 13.6. The summed E-state index contributed by atoms with van der Waals surface area (Å²) in [7, 11) is 0. The molecule has 0 fully saturated rings. The van der Waals surface area contributed by atoms with Gasteiger partial charge in [0, 0.05) is 11.3 Å². The molecule has 2 rings (SSSR count). The maximum absolute atomic E-state index is 13.1. The Morgan fingerprint density at radius 3 is 1.86 bits per heavy atom. The molecule has 12 nitrogen and oxygen atoms in total. The smallest absolute Gasteiger partial charge is 0.326 e. The highest BCUT2D eigenvalue weighted by Gasteiger charge is 2.32. The van der Waals surface area contributed by atoms with Gasteiger partial charge in [-0.05, 0) is 48.1 Å². The Bertz CT molecular complexity index is 1260. The quantitative estimate of drug-likeness (QED) is 0.184. The predicted octanol–water partition coefficient (Wildman–Crippen LogP) is 2.20. The normalized spacial score (nSPS) is 13.0. The molecule has 0 heterocycles. The Morgan fingerprint density at radius 2 is 1.33 bits per heavy atom. The summed E-state index contributed by atoms with van der Waals surface area (Å²) in [6, 6.07) is 11.4. The number of rotatable bonds is 15. The van der Waals surface area contributed by atoms with Gasteiger partial charge in [-0.25, -0.2) is 4.79 Å². The molecule has 0 unspecified atom stereocenters. The highest BCUT2D eigenvalue weighted by atomic mass is 16.4. The van der Waals surface area contributed by atoms with Crippen molar-refractivity contribution in [2.75, 3.05) is 5.32 Å². The van der Waals surface area contributed by atoms with Gasteiger partial charge in [-0.1, -0.05) is 58.0 Å². The Hall–Kier alpha value is -4.74. The number of hydrogen-bond donors (Lipinski definition) is 6. The van der Waals surface area contributed by atoms with Crippen molar-refractivity contribution in [3.63, 3.8) is 0 Å². The molecule has 0 aliphatic carbocycles. The van der Waals surface area contributed by atoms with Crippen LogP contribution in [-0.2, 0) is 30.4 Å². The van der Waals surface area contributed by atoms with Crippen molar-refractivity contribution < 1.29 is 39.0 Å². The average molecular weight is 583 g/mol. The highest BCUT2D eigenvalue weighted by molar-refractivity contribution is 6.04. The molecule has 2 aromatic carbocycles. The lowest BCUT2D eigenvalue weighted by Crippen LogP contribution is -2.57. The number of carbonyl (C=O) groups excluding carboxylic acids is 4. The summed E-state index contributed by atoms with van der Waals surface area (Å²) in [6.45, 7) is 6.81. The van der Waals surface area contributed by atoms with Crippen molar-refractivity contribution in [2.24, 2.45) is 11.8 Å². The van der Waals surface area contributed by atoms with Crippen LogP contribution in [0.1, 0.15) is 56.5 Å². The van der Waals surface area contributed by atoms with Crippen LogP contribution in [0.3, 0.4) is 0 Å². The van der Waals surface area contributed by atoms with E-state index >= 15 is 0 Å². The second-order valence-corrected chi connectivity index (χ2v) is 10.7. The van der Waals surface area contributed by atoms with Gasteiger partial charge in [0.15, 0.2) is 0 Å². The third-order valence-corrected chi connectivity index (χ3v) is 6.21. The van der Waals surface area contributed by atoms with Gasteiger partial charge in [0.25, 0.3) is 5.91 Å². The molecular weight excluding hydrogens is 544 g/mol. The lowest BCUT2D eigenvalue weighted by Gasteiger charge is -2.25.